The third-order valence-electron chi connectivity index (χ3n) is 4.24. The average molecular weight is 280 g/mol. The van der Waals surface area contributed by atoms with Crippen molar-refractivity contribution in [3.05, 3.63) is 33.9 Å². The topological polar surface area (TPSA) is 75.1 Å². The van der Waals surface area contributed by atoms with Gasteiger partial charge < -0.3 is 14.9 Å². The van der Waals surface area contributed by atoms with Gasteiger partial charge >= 0.3 is 0 Å². The fraction of sp³-hybridized carbons (Fsp3) is 0.571. The summed E-state index contributed by atoms with van der Waals surface area (Å²) in [6.45, 7) is 3.09. The number of hydrogen-bond acceptors (Lipinski definition) is 3. The van der Waals surface area contributed by atoms with Crippen LogP contribution in [-0.4, -0.2) is 38.2 Å². The summed E-state index contributed by atoms with van der Waals surface area (Å²) in [5.74, 6) is -0.515. The molecule has 1 atom stereocenters. The van der Waals surface area contributed by atoms with Crippen LogP contribution in [0.4, 0.5) is 5.69 Å². The number of nitrogens with one attached hydrogen (secondary N) is 2. The number of nitro benzene ring substituents is 1. The molecule has 0 aromatic heterocycles. The molecule has 6 heteroatoms. The van der Waals surface area contributed by atoms with Gasteiger partial charge in [0, 0.05) is 24.5 Å². The molecule has 110 valence electrons. The van der Waals surface area contributed by atoms with E-state index < -0.39 is 10.7 Å². The van der Waals surface area contributed by atoms with Gasteiger partial charge in [-0.05, 0) is 5.75 Å². The van der Waals surface area contributed by atoms with Crippen LogP contribution >= 0.6 is 0 Å². The van der Waals surface area contributed by atoms with Gasteiger partial charge in [-0.1, -0.05) is 12.1 Å². The first kappa shape index (κ1) is 14.7. The number of quaternary nitrogens is 2. The Morgan fingerprint density at radius 2 is 2.05 bits per heavy atom. The highest BCUT2D eigenvalue weighted by atomic mass is 16.6. The minimum atomic E-state index is -0.597. The van der Waals surface area contributed by atoms with E-state index in [9.17, 15) is 15.2 Å². The van der Waals surface area contributed by atoms with Gasteiger partial charge in [0.25, 0.3) is 5.69 Å². The molecule has 1 heterocycles. The smallest absolute Gasteiger partial charge is 0.262 e. The van der Waals surface area contributed by atoms with Crippen LogP contribution in [0, 0.1) is 10.1 Å². The molecule has 0 aliphatic carbocycles. The highest BCUT2D eigenvalue weighted by Gasteiger charge is 2.26. The zero-order chi connectivity index (χ0) is 14.7. The summed E-state index contributed by atoms with van der Waals surface area (Å²) < 4.78 is 0. The molecule has 0 spiro atoms. The Kier molecular flexibility index (Phi) is 4.57. The molecule has 0 amide bonds. The van der Waals surface area contributed by atoms with Crippen molar-refractivity contribution >= 4 is 5.69 Å². The van der Waals surface area contributed by atoms with Gasteiger partial charge in [-0.15, -0.1) is 0 Å². The van der Waals surface area contributed by atoms with Crippen LogP contribution in [0.25, 0.3) is 0 Å². The maximum absolute atomic E-state index is 11.4. The normalized spacial score (nSPS) is 24.3. The molecule has 1 fully saturated rings. The van der Waals surface area contributed by atoms with E-state index in [-0.39, 0.29) is 5.69 Å². The Morgan fingerprint density at radius 1 is 1.40 bits per heavy atom. The summed E-state index contributed by atoms with van der Waals surface area (Å²) in [5.41, 5.74) is 0.545. The van der Waals surface area contributed by atoms with Gasteiger partial charge in [-0.25, -0.2) is 0 Å². The van der Waals surface area contributed by atoms with E-state index in [1.54, 1.807) is 11.0 Å². The average Bonchev–Trinajstić information content (AvgIpc) is 2.41. The molecule has 1 aliphatic heterocycles. The van der Waals surface area contributed by atoms with E-state index in [1.807, 2.05) is 0 Å². The maximum Gasteiger partial charge on any atom is 0.262 e. The van der Waals surface area contributed by atoms with E-state index in [0.717, 1.165) is 12.1 Å². The second kappa shape index (κ2) is 6.19. The zero-order valence-corrected chi connectivity index (χ0v) is 12.0. The molecule has 1 unspecified atom stereocenters. The van der Waals surface area contributed by atoms with Crippen molar-refractivity contribution in [2.75, 3.05) is 27.2 Å². The molecule has 1 aromatic carbocycles. The molecular formula is C14H22N3O3+. The second-order valence-corrected chi connectivity index (χ2v) is 5.81. The predicted octanol–water partition coefficient (Wildman–Crippen LogP) is -1.64. The molecule has 20 heavy (non-hydrogen) atoms. The quantitative estimate of drug-likeness (QED) is 0.513. The molecule has 0 radical (unpaired) electrons. The van der Waals surface area contributed by atoms with Gasteiger partial charge in [0.15, 0.2) is 0 Å². The Labute approximate surface area is 118 Å². The van der Waals surface area contributed by atoms with Crippen molar-refractivity contribution in [1.29, 1.82) is 0 Å². The Morgan fingerprint density at radius 3 is 2.65 bits per heavy atom. The van der Waals surface area contributed by atoms with Crippen LogP contribution in [0.5, 0.6) is 5.75 Å². The molecular weight excluding hydrogens is 258 g/mol. The number of likely N-dealkylation sites (tertiary alicyclic amines) is 1. The van der Waals surface area contributed by atoms with E-state index >= 15 is 0 Å². The second-order valence-electron chi connectivity index (χ2n) is 5.81. The molecule has 1 aliphatic rings. The predicted molar refractivity (Wildman–Crippen MR) is 72.8 cm³/mol. The molecule has 0 saturated carbocycles. The molecule has 6 nitrogen and oxygen atoms in total. The van der Waals surface area contributed by atoms with Crippen LogP contribution in [0.2, 0.25) is 0 Å². The molecule has 0 bridgehead atoms. The van der Waals surface area contributed by atoms with Crippen molar-refractivity contribution in [3.63, 3.8) is 0 Å². The summed E-state index contributed by atoms with van der Waals surface area (Å²) >= 11 is 0. The van der Waals surface area contributed by atoms with Crippen molar-refractivity contribution in [3.8, 4) is 5.75 Å². The fourth-order valence-corrected chi connectivity index (χ4v) is 2.89. The number of nitro groups is 1. The number of benzene rings is 1. The fourth-order valence-electron chi connectivity index (χ4n) is 2.89. The largest absolute Gasteiger partial charge is 0.868 e. The number of rotatable bonds is 4. The molecule has 2 rings (SSSR count). The Bertz CT molecular complexity index is 485. The van der Waals surface area contributed by atoms with Gasteiger partial charge in [0.2, 0.25) is 0 Å². The van der Waals surface area contributed by atoms with Gasteiger partial charge in [-0.2, -0.15) is 0 Å². The minimum absolute atomic E-state index is 0.317. The summed E-state index contributed by atoms with van der Waals surface area (Å²) in [5, 5.41) is 22.2. The first-order valence-corrected chi connectivity index (χ1v) is 7.05. The van der Waals surface area contributed by atoms with Crippen LogP contribution in [-0.2, 0) is 6.54 Å². The number of piperidine rings is 1. The third kappa shape index (κ3) is 3.46. The van der Waals surface area contributed by atoms with Crippen molar-refractivity contribution in [2.45, 2.75) is 25.4 Å². The first-order valence-electron chi connectivity index (χ1n) is 7.05. The lowest BCUT2D eigenvalue weighted by atomic mass is 10.0. The monoisotopic (exact) mass is 280 g/mol. The number of nitrogens with zero attached hydrogens (tertiary/aromatic N) is 1. The summed E-state index contributed by atoms with van der Waals surface area (Å²) in [6.07, 6.45) is 2.36. The van der Waals surface area contributed by atoms with Gasteiger partial charge in [-0.3, -0.25) is 10.1 Å². The third-order valence-corrected chi connectivity index (χ3v) is 4.24. The standard InChI is InChI=1S/C14H21N3O3/c1-15-7-5-12(6-8-15)16(2)10-11-3-4-14(18)13(9-11)17(19)20/h3-4,9,12,18H,5-8,10H2,1-2H3/p+1. The summed E-state index contributed by atoms with van der Waals surface area (Å²) in [4.78, 5) is 13.1. The molecule has 1 saturated heterocycles. The van der Waals surface area contributed by atoms with Crippen LogP contribution < -0.4 is 14.9 Å². The highest BCUT2D eigenvalue weighted by molar-refractivity contribution is 5.46. The highest BCUT2D eigenvalue weighted by Crippen LogP contribution is 2.23. The summed E-state index contributed by atoms with van der Waals surface area (Å²) in [6, 6.07) is 5.04. The minimum Gasteiger partial charge on any atom is -0.868 e. The van der Waals surface area contributed by atoms with Crippen molar-refractivity contribution in [2.24, 2.45) is 0 Å². The molecule has 2 N–H and O–H groups in total. The summed E-state index contributed by atoms with van der Waals surface area (Å²) in [7, 11) is 4.34. The van der Waals surface area contributed by atoms with Crippen molar-refractivity contribution in [1.82, 2.24) is 0 Å². The van der Waals surface area contributed by atoms with E-state index in [4.69, 9.17) is 0 Å². The van der Waals surface area contributed by atoms with Crippen molar-refractivity contribution < 1.29 is 19.8 Å². The van der Waals surface area contributed by atoms with E-state index in [0.29, 0.717) is 6.04 Å². The zero-order valence-electron chi connectivity index (χ0n) is 12.0. The Balaban J connectivity index is 2.02. The first-order chi connectivity index (χ1) is 9.47. The number of hydrogen-bond donors (Lipinski definition) is 2. The van der Waals surface area contributed by atoms with E-state index in [2.05, 4.69) is 14.1 Å². The van der Waals surface area contributed by atoms with Crippen LogP contribution in [0.1, 0.15) is 18.4 Å². The van der Waals surface area contributed by atoms with Gasteiger partial charge in [0.05, 0.1) is 38.2 Å². The van der Waals surface area contributed by atoms with Crippen LogP contribution in [0.3, 0.4) is 0 Å². The lowest BCUT2D eigenvalue weighted by Gasteiger charge is -2.30. The SMILES string of the molecule is C[NH+]1CCC([NH+](C)Cc2ccc([O-])c([N+](=O)[O-])c2)CC1. The van der Waals surface area contributed by atoms with Gasteiger partial charge in [0.1, 0.15) is 6.54 Å². The lowest BCUT2D eigenvalue weighted by Crippen LogP contribution is -3.17. The molecule has 1 aromatic rings. The Hall–Kier alpha value is -1.66. The van der Waals surface area contributed by atoms with E-state index in [1.165, 1.54) is 43.0 Å². The maximum atomic E-state index is 11.4. The lowest BCUT2D eigenvalue weighted by molar-refractivity contribution is -0.948. The van der Waals surface area contributed by atoms with Crippen LogP contribution in [0.15, 0.2) is 18.2 Å².